The normalized spacial score (nSPS) is 10.6. The van der Waals surface area contributed by atoms with Gasteiger partial charge in [0.1, 0.15) is 5.82 Å². The molecule has 0 bridgehead atoms. The summed E-state index contributed by atoms with van der Waals surface area (Å²) in [5.74, 6) is 0.783. The lowest BCUT2D eigenvalue weighted by atomic mass is 10.00. The van der Waals surface area contributed by atoms with Crippen molar-refractivity contribution >= 4 is 0 Å². The zero-order valence-electron chi connectivity index (χ0n) is 12.2. The van der Waals surface area contributed by atoms with Crippen LogP contribution < -0.4 is 0 Å². The number of rotatable bonds is 3. The number of pyridine rings is 3. The molecule has 5 heteroatoms. The molecule has 0 atom stereocenters. The van der Waals surface area contributed by atoms with E-state index in [0.717, 1.165) is 34.0 Å². The van der Waals surface area contributed by atoms with Crippen molar-refractivity contribution in [1.82, 2.24) is 24.9 Å². The van der Waals surface area contributed by atoms with Crippen LogP contribution in [0.5, 0.6) is 0 Å². The zero-order valence-corrected chi connectivity index (χ0v) is 12.2. The number of imidazole rings is 1. The van der Waals surface area contributed by atoms with Gasteiger partial charge in [-0.25, -0.2) is 4.98 Å². The maximum absolute atomic E-state index is 4.55. The topological polar surface area (TPSA) is 67.3 Å². The maximum Gasteiger partial charge on any atom is 0.138 e. The van der Waals surface area contributed by atoms with Crippen molar-refractivity contribution in [1.29, 1.82) is 0 Å². The number of nitrogens with zero attached hydrogens (tertiary/aromatic N) is 4. The predicted molar refractivity (Wildman–Crippen MR) is 88.3 cm³/mol. The van der Waals surface area contributed by atoms with Gasteiger partial charge in [-0.15, -0.1) is 0 Å². The Labute approximate surface area is 133 Å². The highest BCUT2D eigenvalue weighted by atomic mass is 14.9. The minimum Gasteiger partial charge on any atom is -0.345 e. The molecule has 0 amide bonds. The average molecular weight is 299 g/mol. The first-order chi connectivity index (χ1) is 11.4. The molecule has 0 aliphatic carbocycles. The SMILES string of the molecule is c1ccc(-c2nccc(-c3ncc[nH]3)c2-c2ccccn2)nc1. The first kappa shape index (κ1) is 13.3. The van der Waals surface area contributed by atoms with Crippen LogP contribution in [-0.4, -0.2) is 24.9 Å². The van der Waals surface area contributed by atoms with Crippen LogP contribution in [0, 0.1) is 0 Å². The molecule has 0 spiro atoms. The quantitative estimate of drug-likeness (QED) is 0.627. The molecule has 4 rings (SSSR count). The number of aromatic nitrogens is 5. The standard InChI is InChI=1S/C18H13N5/c1-3-8-19-14(5-1)16-13(18-22-11-12-23-18)7-10-21-17(16)15-6-2-4-9-20-15/h1-12H,(H,22,23). The van der Waals surface area contributed by atoms with Crippen LogP contribution in [0.15, 0.2) is 73.4 Å². The molecule has 0 aliphatic heterocycles. The molecule has 4 heterocycles. The van der Waals surface area contributed by atoms with Gasteiger partial charge in [-0.2, -0.15) is 0 Å². The summed E-state index contributed by atoms with van der Waals surface area (Å²) in [6, 6.07) is 13.5. The molecule has 0 aromatic carbocycles. The van der Waals surface area contributed by atoms with E-state index in [1.54, 1.807) is 31.0 Å². The molecule has 0 aliphatic rings. The van der Waals surface area contributed by atoms with Crippen molar-refractivity contribution in [3.8, 4) is 34.0 Å². The number of H-pyrrole nitrogens is 1. The molecular weight excluding hydrogens is 286 g/mol. The Balaban J connectivity index is 2.02. The van der Waals surface area contributed by atoms with E-state index >= 15 is 0 Å². The fourth-order valence-corrected chi connectivity index (χ4v) is 2.54. The van der Waals surface area contributed by atoms with E-state index in [1.807, 2.05) is 42.5 Å². The van der Waals surface area contributed by atoms with Gasteiger partial charge in [-0.1, -0.05) is 12.1 Å². The number of hydrogen-bond donors (Lipinski definition) is 1. The minimum absolute atomic E-state index is 0.783. The Hall–Kier alpha value is -3.34. The molecule has 0 saturated heterocycles. The Morgan fingerprint density at radius 2 is 1.43 bits per heavy atom. The highest BCUT2D eigenvalue weighted by Gasteiger charge is 2.17. The summed E-state index contributed by atoms with van der Waals surface area (Å²) in [5.41, 5.74) is 4.30. The van der Waals surface area contributed by atoms with E-state index in [-0.39, 0.29) is 0 Å². The van der Waals surface area contributed by atoms with E-state index in [4.69, 9.17) is 0 Å². The van der Waals surface area contributed by atoms with Crippen LogP contribution in [0.1, 0.15) is 0 Å². The molecule has 0 saturated carbocycles. The van der Waals surface area contributed by atoms with Crippen LogP contribution in [-0.2, 0) is 0 Å². The molecule has 5 nitrogen and oxygen atoms in total. The summed E-state index contributed by atoms with van der Waals surface area (Å²) in [7, 11) is 0. The average Bonchev–Trinajstić information content (AvgIpc) is 3.17. The lowest BCUT2D eigenvalue weighted by Gasteiger charge is -2.12. The number of aromatic amines is 1. The van der Waals surface area contributed by atoms with Gasteiger partial charge in [0, 0.05) is 42.1 Å². The second-order valence-corrected chi connectivity index (χ2v) is 4.95. The van der Waals surface area contributed by atoms with Crippen LogP contribution in [0.4, 0.5) is 0 Å². The Kier molecular flexibility index (Phi) is 3.37. The van der Waals surface area contributed by atoms with Gasteiger partial charge >= 0.3 is 0 Å². The van der Waals surface area contributed by atoms with E-state index in [9.17, 15) is 0 Å². The summed E-state index contributed by atoms with van der Waals surface area (Å²) in [6.45, 7) is 0. The van der Waals surface area contributed by atoms with Crippen molar-refractivity contribution in [2.24, 2.45) is 0 Å². The van der Waals surface area contributed by atoms with E-state index in [2.05, 4.69) is 24.9 Å². The maximum atomic E-state index is 4.55. The lowest BCUT2D eigenvalue weighted by molar-refractivity contribution is 1.22. The van der Waals surface area contributed by atoms with Crippen molar-refractivity contribution in [2.45, 2.75) is 0 Å². The summed E-state index contributed by atoms with van der Waals surface area (Å²) in [5, 5.41) is 0. The first-order valence-electron chi connectivity index (χ1n) is 7.25. The Morgan fingerprint density at radius 1 is 0.652 bits per heavy atom. The van der Waals surface area contributed by atoms with E-state index in [1.165, 1.54) is 0 Å². The van der Waals surface area contributed by atoms with Gasteiger partial charge in [0.25, 0.3) is 0 Å². The number of hydrogen-bond acceptors (Lipinski definition) is 4. The third kappa shape index (κ3) is 2.48. The monoisotopic (exact) mass is 299 g/mol. The molecule has 4 aromatic rings. The second kappa shape index (κ2) is 5.81. The van der Waals surface area contributed by atoms with Gasteiger partial charge in [0.2, 0.25) is 0 Å². The Morgan fingerprint density at radius 3 is 2.09 bits per heavy atom. The molecule has 1 N–H and O–H groups in total. The van der Waals surface area contributed by atoms with E-state index in [0.29, 0.717) is 0 Å². The van der Waals surface area contributed by atoms with Crippen LogP contribution in [0.3, 0.4) is 0 Å². The molecule has 23 heavy (non-hydrogen) atoms. The third-order valence-electron chi connectivity index (χ3n) is 3.53. The second-order valence-electron chi connectivity index (χ2n) is 4.95. The molecule has 0 fully saturated rings. The fourth-order valence-electron chi connectivity index (χ4n) is 2.54. The Bertz CT molecular complexity index is 903. The summed E-state index contributed by atoms with van der Waals surface area (Å²) >= 11 is 0. The predicted octanol–water partition coefficient (Wildman–Crippen LogP) is 3.60. The van der Waals surface area contributed by atoms with Crippen molar-refractivity contribution < 1.29 is 0 Å². The van der Waals surface area contributed by atoms with Gasteiger partial charge in [0.15, 0.2) is 0 Å². The van der Waals surface area contributed by atoms with Gasteiger partial charge in [-0.3, -0.25) is 15.0 Å². The molecule has 110 valence electrons. The molecule has 4 aromatic heterocycles. The van der Waals surface area contributed by atoms with Crippen molar-refractivity contribution in [2.75, 3.05) is 0 Å². The van der Waals surface area contributed by atoms with Gasteiger partial charge < -0.3 is 4.98 Å². The molecule has 0 unspecified atom stereocenters. The first-order valence-corrected chi connectivity index (χ1v) is 7.25. The largest absolute Gasteiger partial charge is 0.345 e. The minimum atomic E-state index is 0.783. The van der Waals surface area contributed by atoms with Crippen molar-refractivity contribution in [3.05, 3.63) is 73.4 Å². The molecular formula is C18H13N5. The van der Waals surface area contributed by atoms with Crippen molar-refractivity contribution in [3.63, 3.8) is 0 Å². The highest BCUT2D eigenvalue weighted by molar-refractivity contribution is 5.88. The van der Waals surface area contributed by atoms with Crippen LogP contribution >= 0.6 is 0 Å². The number of nitrogens with one attached hydrogen (secondary N) is 1. The fraction of sp³-hybridized carbons (Fsp3) is 0. The molecule has 0 radical (unpaired) electrons. The third-order valence-corrected chi connectivity index (χ3v) is 3.53. The van der Waals surface area contributed by atoms with E-state index < -0.39 is 0 Å². The smallest absolute Gasteiger partial charge is 0.138 e. The zero-order chi connectivity index (χ0) is 15.5. The van der Waals surface area contributed by atoms with Crippen LogP contribution in [0.25, 0.3) is 34.0 Å². The van der Waals surface area contributed by atoms with Gasteiger partial charge in [0.05, 0.1) is 17.1 Å². The van der Waals surface area contributed by atoms with Gasteiger partial charge in [-0.05, 0) is 30.3 Å². The summed E-state index contributed by atoms with van der Waals surface area (Å²) in [6.07, 6.45) is 8.85. The summed E-state index contributed by atoms with van der Waals surface area (Å²) in [4.78, 5) is 21.0. The highest BCUT2D eigenvalue weighted by Crippen LogP contribution is 2.35. The van der Waals surface area contributed by atoms with Crippen LogP contribution in [0.2, 0.25) is 0 Å². The summed E-state index contributed by atoms with van der Waals surface area (Å²) < 4.78 is 0. The lowest BCUT2D eigenvalue weighted by Crippen LogP contribution is -1.96.